The predicted molar refractivity (Wildman–Crippen MR) is 105 cm³/mol. The first-order valence-electron chi connectivity index (χ1n) is 7.69. The molecule has 5 nitrogen and oxygen atoms in total. The van der Waals surface area contributed by atoms with Crippen molar-refractivity contribution in [1.82, 2.24) is 15.2 Å². The maximum Gasteiger partial charge on any atom is 0.171 e. The van der Waals surface area contributed by atoms with Gasteiger partial charge in [-0.2, -0.15) is 5.10 Å². The van der Waals surface area contributed by atoms with Crippen LogP contribution in [-0.4, -0.2) is 15.2 Å². The van der Waals surface area contributed by atoms with Crippen LogP contribution < -0.4 is 10.5 Å². The second-order valence-corrected chi connectivity index (χ2v) is 6.87. The summed E-state index contributed by atoms with van der Waals surface area (Å²) in [7, 11) is 0. The summed E-state index contributed by atoms with van der Waals surface area (Å²) in [5.41, 5.74) is 8.76. The molecule has 0 spiro atoms. The summed E-state index contributed by atoms with van der Waals surface area (Å²) in [6, 6.07) is 15.8. The van der Waals surface area contributed by atoms with Gasteiger partial charge in [-0.1, -0.05) is 17.7 Å². The molecule has 2 aromatic heterocycles. The SMILES string of the molecule is Nc1n[nH]c2ccc(-c3ccc(SNc4cccc(Cl)c4)cc3F)nc12. The van der Waals surface area contributed by atoms with Crippen LogP contribution in [0, 0.1) is 5.82 Å². The van der Waals surface area contributed by atoms with Crippen LogP contribution in [0.15, 0.2) is 59.5 Å². The highest BCUT2D eigenvalue weighted by atomic mass is 35.5. The lowest BCUT2D eigenvalue weighted by atomic mass is 10.1. The van der Waals surface area contributed by atoms with Gasteiger partial charge in [0.1, 0.15) is 11.3 Å². The zero-order valence-corrected chi connectivity index (χ0v) is 14.9. The molecule has 0 atom stereocenters. The monoisotopic (exact) mass is 385 g/mol. The highest BCUT2D eigenvalue weighted by Crippen LogP contribution is 2.29. The Hall–Kier alpha value is -2.77. The lowest BCUT2D eigenvalue weighted by Crippen LogP contribution is -1.92. The Morgan fingerprint density at radius 3 is 2.81 bits per heavy atom. The molecule has 0 amide bonds. The summed E-state index contributed by atoms with van der Waals surface area (Å²) in [4.78, 5) is 5.13. The van der Waals surface area contributed by atoms with Gasteiger partial charge in [-0.3, -0.25) is 5.10 Å². The Balaban J connectivity index is 1.57. The van der Waals surface area contributed by atoms with E-state index in [-0.39, 0.29) is 5.82 Å². The number of pyridine rings is 1. The molecular weight excluding hydrogens is 373 g/mol. The van der Waals surface area contributed by atoms with E-state index < -0.39 is 0 Å². The number of halogens is 2. The zero-order valence-electron chi connectivity index (χ0n) is 13.3. The van der Waals surface area contributed by atoms with Crippen molar-refractivity contribution in [3.8, 4) is 11.3 Å². The Morgan fingerprint density at radius 1 is 1.12 bits per heavy atom. The topological polar surface area (TPSA) is 79.6 Å². The van der Waals surface area contributed by atoms with Gasteiger partial charge >= 0.3 is 0 Å². The molecule has 8 heteroatoms. The first kappa shape index (κ1) is 16.7. The highest BCUT2D eigenvalue weighted by molar-refractivity contribution is 8.00. The van der Waals surface area contributed by atoms with Gasteiger partial charge in [-0.05, 0) is 60.5 Å². The third-order valence-corrected chi connectivity index (χ3v) is 4.83. The summed E-state index contributed by atoms with van der Waals surface area (Å²) >= 11 is 7.26. The van der Waals surface area contributed by atoms with E-state index in [0.717, 1.165) is 10.6 Å². The standard InChI is InChI=1S/C18H13ClFN5S/c19-10-2-1-3-11(8-10)25-26-12-4-5-13(14(20)9-12)15-6-7-16-17(22-15)18(21)24-23-16/h1-9,25H,(H3,21,23,24). The maximum atomic E-state index is 14.6. The van der Waals surface area contributed by atoms with Crippen LogP contribution >= 0.6 is 23.5 Å². The molecule has 0 aliphatic rings. The molecule has 2 aromatic carbocycles. The summed E-state index contributed by atoms with van der Waals surface area (Å²) < 4.78 is 17.7. The lowest BCUT2D eigenvalue weighted by Gasteiger charge is -2.08. The molecule has 26 heavy (non-hydrogen) atoms. The Labute approximate surface area is 157 Å². The molecule has 0 unspecified atom stereocenters. The lowest BCUT2D eigenvalue weighted by molar-refractivity contribution is 0.627. The molecule has 0 saturated carbocycles. The minimum absolute atomic E-state index is 0.292. The third kappa shape index (κ3) is 3.31. The minimum Gasteiger partial charge on any atom is -0.380 e. The molecule has 4 aromatic rings. The molecule has 0 aliphatic heterocycles. The third-order valence-electron chi connectivity index (χ3n) is 3.76. The van der Waals surface area contributed by atoms with Crippen LogP contribution in [-0.2, 0) is 0 Å². The van der Waals surface area contributed by atoms with Crippen LogP contribution in [0.5, 0.6) is 0 Å². The summed E-state index contributed by atoms with van der Waals surface area (Å²) in [5, 5.41) is 7.31. The second kappa shape index (κ2) is 6.86. The maximum absolute atomic E-state index is 14.6. The summed E-state index contributed by atoms with van der Waals surface area (Å²) in [6.45, 7) is 0. The molecule has 4 N–H and O–H groups in total. The van der Waals surface area contributed by atoms with E-state index in [0.29, 0.717) is 33.1 Å². The van der Waals surface area contributed by atoms with Crippen LogP contribution in [0.1, 0.15) is 0 Å². The van der Waals surface area contributed by atoms with Crippen LogP contribution in [0.4, 0.5) is 15.9 Å². The fourth-order valence-corrected chi connectivity index (χ4v) is 3.36. The summed E-state index contributed by atoms with van der Waals surface area (Å²) in [5.74, 6) is -0.0723. The Kier molecular flexibility index (Phi) is 4.40. The number of hydrogen-bond acceptors (Lipinski definition) is 5. The van der Waals surface area contributed by atoms with Crippen molar-refractivity contribution in [2.24, 2.45) is 0 Å². The Morgan fingerprint density at radius 2 is 2.00 bits per heavy atom. The summed E-state index contributed by atoms with van der Waals surface area (Å²) in [6.07, 6.45) is 0. The molecule has 2 heterocycles. The van der Waals surface area contributed by atoms with Gasteiger partial charge in [0.2, 0.25) is 0 Å². The molecule has 0 fully saturated rings. The number of fused-ring (bicyclic) bond motifs is 1. The van der Waals surface area contributed by atoms with E-state index in [1.165, 1.54) is 18.0 Å². The van der Waals surface area contributed by atoms with Gasteiger partial charge < -0.3 is 10.5 Å². The van der Waals surface area contributed by atoms with E-state index in [1.807, 2.05) is 18.2 Å². The number of nitrogen functional groups attached to an aromatic ring is 1. The van der Waals surface area contributed by atoms with Crippen molar-refractivity contribution in [2.75, 3.05) is 10.5 Å². The van der Waals surface area contributed by atoms with Crippen LogP contribution in [0.2, 0.25) is 5.02 Å². The second-order valence-electron chi connectivity index (χ2n) is 5.56. The molecule has 0 aliphatic carbocycles. The number of benzene rings is 2. The van der Waals surface area contributed by atoms with E-state index in [4.69, 9.17) is 17.3 Å². The first-order chi connectivity index (χ1) is 12.6. The average Bonchev–Trinajstić information content (AvgIpc) is 3.01. The number of H-pyrrole nitrogens is 1. The molecule has 0 saturated heterocycles. The number of anilines is 2. The molecule has 4 rings (SSSR count). The van der Waals surface area contributed by atoms with Gasteiger partial charge in [0.25, 0.3) is 0 Å². The quantitative estimate of drug-likeness (QED) is 0.425. The molecular formula is C18H13ClFN5S. The number of nitrogens with zero attached hydrogens (tertiary/aromatic N) is 2. The van der Waals surface area contributed by atoms with Crippen molar-refractivity contribution >= 4 is 46.1 Å². The molecule has 130 valence electrons. The van der Waals surface area contributed by atoms with Gasteiger partial charge in [0.05, 0.1) is 11.2 Å². The highest BCUT2D eigenvalue weighted by Gasteiger charge is 2.11. The number of rotatable bonds is 4. The number of nitrogens with one attached hydrogen (secondary N) is 2. The van der Waals surface area contributed by atoms with Crippen molar-refractivity contribution in [1.29, 1.82) is 0 Å². The predicted octanol–water partition coefficient (Wildman–Crippen LogP) is 5.12. The first-order valence-corrected chi connectivity index (χ1v) is 8.88. The van der Waals surface area contributed by atoms with E-state index in [9.17, 15) is 4.39 Å². The van der Waals surface area contributed by atoms with Gasteiger partial charge in [0, 0.05) is 21.2 Å². The van der Waals surface area contributed by atoms with Crippen molar-refractivity contribution in [2.45, 2.75) is 4.90 Å². The fourth-order valence-electron chi connectivity index (χ4n) is 2.50. The van der Waals surface area contributed by atoms with Crippen LogP contribution in [0.3, 0.4) is 0 Å². The normalized spacial score (nSPS) is 11.0. The number of hydrogen-bond donors (Lipinski definition) is 3. The van der Waals surface area contributed by atoms with Crippen LogP contribution in [0.25, 0.3) is 22.3 Å². The number of aromatic nitrogens is 3. The smallest absolute Gasteiger partial charge is 0.171 e. The van der Waals surface area contributed by atoms with E-state index in [1.54, 1.807) is 30.3 Å². The fraction of sp³-hybridized carbons (Fsp3) is 0. The van der Waals surface area contributed by atoms with E-state index >= 15 is 0 Å². The number of aromatic amines is 1. The van der Waals surface area contributed by atoms with Gasteiger partial charge in [-0.15, -0.1) is 0 Å². The zero-order chi connectivity index (χ0) is 18.1. The van der Waals surface area contributed by atoms with E-state index in [2.05, 4.69) is 19.9 Å². The van der Waals surface area contributed by atoms with Crippen molar-refractivity contribution in [3.63, 3.8) is 0 Å². The van der Waals surface area contributed by atoms with Gasteiger partial charge in [-0.25, -0.2) is 9.37 Å². The minimum atomic E-state index is -0.364. The number of nitrogens with two attached hydrogens (primary N) is 1. The average molecular weight is 386 g/mol. The largest absolute Gasteiger partial charge is 0.380 e. The molecule has 0 radical (unpaired) electrons. The molecule has 0 bridgehead atoms. The Bertz CT molecular complexity index is 1100. The van der Waals surface area contributed by atoms with Crippen molar-refractivity contribution in [3.05, 3.63) is 65.4 Å². The van der Waals surface area contributed by atoms with Crippen molar-refractivity contribution < 1.29 is 4.39 Å². The van der Waals surface area contributed by atoms with Gasteiger partial charge in [0.15, 0.2) is 5.82 Å².